The van der Waals surface area contributed by atoms with Crippen LogP contribution in [0.15, 0.2) is 54.6 Å². The lowest BCUT2D eigenvalue weighted by atomic mass is 9.95. The fourth-order valence-corrected chi connectivity index (χ4v) is 1.98. The average molecular weight is 268 g/mol. The molecule has 0 saturated heterocycles. The summed E-state index contributed by atoms with van der Waals surface area (Å²) in [4.78, 5) is 23.9. The van der Waals surface area contributed by atoms with Crippen molar-refractivity contribution in [2.45, 2.75) is 12.8 Å². The van der Waals surface area contributed by atoms with Crippen LogP contribution in [0.25, 0.3) is 0 Å². The van der Waals surface area contributed by atoms with Gasteiger partial charge in [-0.3, -0.25) is 15.0 Å². The molecule has 1 atom stereocenters. The molecule has 0 aliphatic carbocycles. The van der Waals surface area contributed by atoms with E-state index < -0.39 is 5.92 Å². The maximum atomic E-state index is 12.3. The number of amides is 1. The Labute approximate surface area is 117 Å². The van der Waals surface area contributed by atoms with E-state index in [1.807, 2.05) is 24.3 Å². The summed E-state index contributed by atoms with van der Waals surface area (Å²) in [5.74, 6) is 4.39. The molecular weight excluding hydrogens is 252 g/mol. The highest BCUT2D eigenvalue weighted by molar-refractivity contribution is 6.09. The van der Waals surface area contributed by atoms with E-state index in [2.05, 4.69) is 5.43 Å². The predicted octanol–water partition coefficient (Wildman–Crippen LogP) is 2.01. The molecule has 1 unspecified atom stereocenters. The first kappa shape index (κ1) is 14.0. The van der Waals surface area contributed by atoms with E-state index in [9.17, 15) is 9.59 Å². The fourth-order valence-electron chi connectivity index (χ4n) is 1.98. The third-order valence-electron chi connectivity index (χ3n) is 3.22. The van der Waals surface area contributed by atoms with Crippen LogP contribution in [0, 0.1) is 0 Å². The zero-order valence-electron chi connectivity index (χ0n) is 11.2. The number of benzene rings is 2. The standard InChI is InChI=1S/C16H16N2O2/c1-11(16(20)18-17)13-8-5-9-14(10-13)15(19)12-6-3-2-4-7-12/h2-11H,17H2,1H3,(H,18,20). The summed E-state index contributed by atoms with van der Waals surface area (Å²) in [6.45, 7) is 1.74. The molecular formula is C16H16N2O2. The summed E-state index contributed by atoms with van der Waals surface area (Å²) in [6.07, 6.45) is 0. The highest BCUT2D eigenvalue weighted by atomic mass is 16.2. The number of hydrogen-bond acceptors (Lipinski definition) is 3. The molecule has 0 saturated carbocycles. The lowest BCUT2D eigenvalue weighted by Gasteiger charge is -2.11. The Morgan fingerprint density at radius 3 is 2.30 bits per heavy atom. The van der Waals surface area contributed by atoms with Crippen LogP contribution in [-0.4, -0.2) is 11.7 Å². The number of carbonyl (C=O) groups excluding carboxylic acids is 2. The maximum absolute atomic E-state index is 12.3. The molecule has 4 nitrogen and oxygen atoms in total. The van der Waals surface area contributed by atoms with Crippen LogP contribution in [-0.2, 0) is 4.79 Å². The third kappa shape index (κ3) is 2.92. The van der Waals surface area contributed by atoms with Gasteiger partial charge in [0, 0.05) is 11.1 Å². The van der Waals surface area contributed by atoms with Gasteiger partial charge in [0.25, 0.3) is 0 Å². The zero-order valence-corrected chi connectivity index (χ0v) is 11.2. The molecule has 3 N–H and O–H groups in total. The number of hydrazine groups is 1. The molecule has 0 aliphatic heterocycles. The lowest BCUT2D eigenvalue weighted by molar-refractivity contribution is -0.122. The van der Waals surface area contributed by atoms with E-state index in [0.29, 0.717) is 11.1 Å². The second-order valence-electron chi connectivity index (χ2n) is 4.55. The normalized spacial score (nSPS) is 11.7. The van der Waals surface area contributed by atoms with Crippen molar-refractivity contribution in [2.75, 3.05) is 0 Å². The lowest BCUT2D eigenvalue weighted by Crippen LogP contribution is -2.33. The molecule has 0 radical (unpaired) electrons. The van der Waals surface area contributed by atoms with Gasteiger partial charge < -0.3 is 0 Å². The Kier molecular flexibility index (Phi) is 4.27. The zero-order chi connectivity index (χ0) is 14.5. The SMILES string of the molecule is CC(C(=O)NN)c1cccc(C(=O)c2ccccc2)c1. The topological polar surface area (TPSA) is 72.2 Å². The van der Waals surface area contributed by atoms with Crippen molar-refractivity contribution in [3.63, 3.8) is 0 Å². The summed E-state index contributed by atoms with van der Waals surface area (Å²) in [7, 11) is 0. The van der Waals surface area contributed by atoms with Gasteiger partial charge >= 0.3 is 0 Å². The van der Waals surface area contributed by atoms with E-state index in [1.165, 1.54) is 0 Å². The van der Waals surface area contributed by atoms with Gasteiger partial charge in [-0.15, -0.1) is 0 Å². The number of carbonyl (C=O) groups is 2. The van der Waals surface area contributed by atoms with Crippen molar-refractivity contribution in [3.8, 4) is 0 Å². The van der Waals surface area contributed by atoms with Gasteiger partial charge in [0.1, 0.15) is 0 Å². The first-order chi connectivity index (χ1) is 9.63. The predicted molar refractivity (Wildman–Crippen MR) is 77.1 cm³/mol. The smallest absolute Gasteiger partial charge is 0.241 e. The Balaban J connectivity index is 2.31. The first-order valence-corrected chi connectivity index (χ1v) is 6.33. The summed E-state index contributed by atoms with van der Waals surface area (Å²) in [5.41, 5.74) is 4.06. The van der Waals surface area contributed by atoms with Gasteiger partial charge in [-0.1, -0.05) is 48.5 Å². The van der Waals surface area contributed by atoms with E-state index in [4.69, 9.17) is 5.84 Å². The van der Waals surface area contributed by atoms with Crippen LogP contribution in [0.4, 0.5) is 0 Å². The Morgan fingerprint density at radius 2 is 1.65 bits per heavy atom. The minimum atomic E-state index is -0.400. The molecule has 2 rings (SSSR count). The highest BCUT2D eigenvalue weighted by Gasteiger charge is 2.16. The summed E-state index contributed by atoms with van der Waals surface area (Å²) < 4.78 is 0. The quantitative estimate of drug-likeness (QED) is 0.385. The van der Waals surface area contributed by atoms with Gasteiger partial charge in [-0.2, -0.15) is 0 Å². The second-order valence-corrected chi connectivity index (χ2v) is 4.55. The minimum absolute atomic E-state index is 0.0622. The number of nitrogens with one attached hydrogen (secondary N) is 1. The Hall–Kier alpha value is -2.46. The van der Waals surface area contributed by atoms with E-state index >= 15 is 0 Å². The average Bonchev–Trinajstić information content (AvgIpc) is 2.53. The van der Waals surface area contributed by atoms with Crippen molar-refractivity contribution in [3.05, 3.63) is 71.3 Å². The molecule has 20 heavy (non-hydrogen) atoms. The van der Waals surface area contributed by atoms with Crippen LogP contribution < -0.4 is 11.3 Å². The fraction of sp³-hybridized carbons (Fsp3) is 0.125. The van der Waals surface area contributed by atoms with Crippen LogP contribution in [0.1, 0.15) is 34.3 Å². The largest absolute Gasteiger partial charge is 0.294 e. The summed E-state index contributed by atoms with van der Waals surface area (Å²) in [5, 5.41) is 0. The van der Waals surface area contributed by atoms with Crippen LogP contribution in [0.5, 0.6) is 0 Å². The number of ketones is 1. The molecule has 0 aliphatic rings. The van der Waals surface area contributed by atoms with E-state index in [-0.39, 0.29) is 11.7 Å². The van der Waals surface area contributed by atoms with E-state index in [1.54, 1.807) is 37.3 Å². The second kappa shape index (κ2) is 6.12. The molecule has 0 bridgehead atoms. The number of hydrogen-bond donors (Lipinski definition) is 2. The summed E-state index contributed by atoms with van der Waals surface area (Å²) in [6, 6.07) is 16.1. The minimum Gasteiger partial charge on any atom is -0.294 e. The summed E-state index contributed by atoms with van der Waals surface area (Å²) >= 11 is 0. The van der Waals surface area contributed by atoms with Gasteiger partial charge in [-0.25, -0.2) is 5.84 Å². The molecule has 0 aromatic heterocycles. The van der Waals surface area contributed by atoms with Crippen LogP contribution in [0.3, 0.4) is 0 Å². The van der Waals surface area contributed by atoms with Crippen molar-refractivity contribution >= 4 is 11.7 Å². The molecule has 102 valence electrons. The highest BCUT2D eigenvalue weighted by Crippen LogP contribution is 2.18. The van der Waals surface area contributed by atoms with Crippen LogP contribution in [0.2, 0.25) is 0 Å². The van der Waals surface area contributed by atoms with Crippen molar-refractivity contribution in [2.24, 2.45) is 5.84 Å². The monoisotopic (exact) mass is 268 g/mol. The van der Waals surface area contributed by atoms with Gasteiger partial charge in [0.15, 0.2) is 5.78 Å². The molecule has 1 amide bonds. The molecule has 0 fully saturated rings. The van der Waals surface area contributed by atoms with E-state index in [0.717, 1.165) is 5.56 Å². The molecule has 4 heteroatoms. The molecule has 0 spiro atoms. The number of rotatable bonds is 4. The first-order valence-electron chi connectivity index (χ1n) is 6.33. The Morgan fingerprint density at radius 1 is 1.00 bits per heavy atom. The van der Waals surface area contributed by atoms with Crippen molar-refractivity contribution in [1.82, 2.24) is 5.43 Å². The van der Waals surface area contributed by atoms with Gasteiger partial charge in [-0.05, 0) is 18.6 Å². The maximum Gasteiger partial charge on any atom is 0.241 e. The molecule has 0 heterocycles. The molecule has 2 aromatic rings. The molecule has 2 aromatic carbocycles. The van der Waals surface area contributed by atoms with Gasteiger partial charge in [0.2, 0.25) is 5.91 Å². The number of nitrogens with two attached hydrogens (primary N) is 1. The van der Waals surface area contributed by atoms with Crippen molar-refractivity contribution < 1.29 is 9.59 Å². The van der Waals surface area contributed by atoms with Crippen LogP contribution >= 0.6 is 0 Å². The van der Waals surface area contributed by atoms with Crippen molar-refractivity contribution in [1.29, 1.82) is 0 Å². The Bertz CT molecular complexity index is 623. The van der Waals surface area contributed by atoms with Gasteiger partial charge in [0.05, 0.1) is 5.92 Å². The third-order valence-corrected chi connectivity index (χ3v) is 3.22.